The Bertz CT molecular complexity index is 584. The summed E-state index contributed by atoms with van der Waals surface area (Å²) >= 11 is 0. The Hall–Kier alpha value is -1.76. The van der Waals surface area contributed by atoms with Gasteiger partial charge in [0.25, 0.3) is 0 Å². The van der Waals surface area contributed by atoms with Crippen LogP contribution in [0.25, 0.3) is 0 Å². The summed E-state index contributed by atoms with van der Waals surface area (Å²) in [6, 6.07) is 2.59. The van der Waals surface area contributed by atoms with Crippen LogP contribution in [0.2, 0.25) is 0 Å². The van der Waals surface area contributed by atoms with Crippen LogP contribution < -0.4 is 5.32 Å². The van der Waals surface area contributed by atoms with E-state index in [1.807, 2.05) is 0 Å². The second kappa shape index (κ2) is 4.37. The fourth-order valence-corrected chi connectivity index (χ4v) is 2.28. The van der Waals surface area contributed by atoms with Crippen LogP contribution in [0.15, 0.2) is 35.2 Å². The van der Waals surface area contributed by atoms with E-state index in [4.69, 9.17) is 4.42 Å². The van der Waals surface area contributed by atoms with Gasteiger partial charge in [-0.05, 0) is 25.0 Å². The van der Waals surface area contributed by atoms with Crippen LogP contribution in [0.1, 0.15) is 30.5 Å². The third-order valence-corrected chi connectivity index (χ3v) is 3.66. The molecular weight excluding hydrogens is 271 g/mol. The molecule has 3 rings (SSSR count). The van der Waals surface area contributed by atoms with Gasteiger partial charge < -0.3 is 8.98 Å². The molecule has 1 aliphatic carbocycles. The van der Waals surface area contributed by atoms with Gasteiger partial charge in [-0.25, -0.2) is 4.98 Å². The lowest BCUT2D eigenvalue weighted by Crippen LogP contribution is -2.47. The highest BCUT2D eigenvalue weighted by atomic mass is 19.4. The summed E-state index contributed by atoms with van der Waals surface area (Å²) in [7, 11) is 1.74. The highest BCUT2D eigenvalue weighted by Crippen LogP contribution is 2.50. The molecule has 2 aromatic heterocycles. The van der Waals surface area contributed by atoms with Crippen molar-refractivity contribution in [1.29, 1.82) is 0 Å². The molecule has 0 bridgehead atoms. The molecule has 0 saturated heterocycles. The molecule has 0 aliphatic heterocycles. The lowest BCUT2D eigenvalue weighted by atomic mass is 10.1. The zero-order chi connectivity index (χ0) is 14.4. The van der Waals surface area contributed by atoms with Gasteiger partial charge in [-0.2, -0.15) is 13.2 Å². The van der Waals surface area contributed by atoms with E-state index in [1.165, 1.54) is 6.26 Å². The summed E-state index contributed by atoms with van der Waals surface area (Å²) in [5.74, 6) is 0.922. The molecule has 1 aliphatic rings. The number of hydrogen-bond acceptors (Lipinski definition) is 3. The number of hydrogen-bond donors (Lipinski definition) is 1. The Morgan fingerprint density at radius 2 is 2.20 bits per heavy atom. The number of aromatic nitrogens is 2. The minimum absolute atomic E-state index is 0.0815. The Morgan fingerprint density at radius 3 is 2.65 bits per heavy atom. The third-order valence-electron chi connectivity index (χ3n) is 3.66. The van der Waals surface area contributed by atoms with Crippen LogP contribution in [0.5, 0.6) is 0 Å². The topological polar surface area (TPSA) is 43.0 Å². The molecule has 1 atom stereocenters. The zero-order valence-corrected chi connectivity index (χ0v) is 10.8. The molecule has 0 amide bonds. The van der Waals surface area contributed by atoms with E-state index >= 15 is 0 Å². The van der Waals surface area contributed by atoms with Gasteiger partial charge in [-0.1, -0.05) is 0 Å². The summed E-state index contributed by atoms with van der Waals surface area (Å²) in [6.07, 6.45) is 0.583. The van der Waals surface area contributed by atoms with Crippen molar-refractivity contribution in [2.24, 2.45) is 7.05 Å². The van der Waals surface area contributed by atoms with Crippen LogP contribution in [0.4, 0.5) is 13.2 Å². The van der Waals surface area contributed by atoms with Crippen LogP contribution in [0.3, 0.4) is 0 Å². The van der Waals surface area contributed by atoms with Gasteiger partial charge in [0.15, 0.2) is 0 Å². The van der Waals surface area contributed by atoms with Gasteiger partial charge in [0.1, 0.15) is 23.2 Å². The summed E-state index contributed by atoms with van der Waals surface area (Å²) in [5, 5.41) is 2.69. The molecule has 0 spiro atoms. The van der Waals surface area contributed by atoms with Gasteiger partial charge in [0, 0.05) is 19.4 Å². The summed E-state index contributed by atoms with van der Waals surface area (Å²) < 4.78 is 46.3. The van der Waals surface area contributed by atoms with E-state index in [9.17, 15) is 13.2 Å². The summed E-state index contributed by atoms with van der Waals surface area (Å²) in [6.45, 7) is 0. The van der Waals surface area contributed by atoms with E-state index in [0.29, 0.717) is 11.6 Å². The molecule has 0 radical (unpaired) electrons. The average Bonchev–Trinajstić information content (AvgIpc) is 2.82. The van der Waals surface area contributed by atoms with E-state index in [1.54, 1.807) is 36.1 Å². The molecule has 1 unspecified atom stereocenters. The molecule has 2 aromatic rings. The lowest BCUT2D eigenvalue weighted by Gasteiger charge is -2.26. The molecular formula is C13H14F3N3O. The number of alkyl halides is 3. The highest BCUT2D eigenvalue weighted by molar-refractivity contribution is 5.20. The zero-order valence-electron chi connectivity index (χ0n) is 10.8. The SMILES string of the molecule is Cn1ccnc1C(NC1(C(F)(F)F)CC1)c1ccco1. The van der Waals surface area contributed by atoms with Crippen molar-refractivity contribution in [1.82, 2.24) is 14.9 Å². The molecule has 1 fully saturated rings. The van der Waals surface area contributed by atoms with Gasteiger partial charge in [-0.15, -0.1) is 0 Å². The van der Waals surface area contributed by atoms with Crippen molar-refractivity contribution in [3.63, 3.8) is 0 Å². The molecule has 2 heterocycles. The van der Waals surface area contributed by atoms with Crippen LogP contribution in [0, 0.1) is 0 Å². The summed E-state index contributed by atoms with van der Waals surface area (Å²) in [5.41, 5.74) is -1.82. The second-order valence-corrected chi connectivity index (χ2v) is 5.07. The standard InChI is InChI=1S/C13H14F3N3O/c1-19-7-6-17-11(19)10(9-3-2-8-20-9)18-12(4-5-12)13(14,15)16/h2-3,6-8,10,18H,4-5H2,1H3. The molecule has 108 valence electrons. The van der Waals surface area contributed by atoms with Gasteiger partial charge in [0.05, 0.1) is 6.26 Å². The van der Waals surface area contributed by atoms with Gasteiger partial charge in [0.2, 0.25) is 0 Å². The van der Waals surface area contributed by atoms with Crippen molar-refractivity contribution in [2.75, 3.05) is 0 Å². The third kappa shape index (κ3) is 2.11. The van der Waals surface area contributed by atoms with E-state index < -0.39 is 17.8 Å². The van der Waals surface area contributed by atoms with Crippen LogP contribution in [-0.2, 0) is 7.05 Å². The number of imidazole rings is 1. The number of aryl methyl sites for hydroxylation is 1. The van der Waals surface area contributed by atoms with Crippen molar-refractivity contribution in [3.05, 3.63) is 42.4 Å². The molecule has 1 N–H and O–H groups in total. The maximum Gasteiger partial charge on any atom is 0.406 e. The molecule has 0 aromatic carbocycles. The highest BCUT2D eigenvalue weighted by Gasteiger charge is 2.64. The predicted octanol–water partition coefficient (Wildman–Crippen LogP) is 2.79. The maximum atomic E-state index is 13.1. The predicted molar refractivity (Wildman–Crippen MR) is 64.9 cm³/mol. The van der Waals surface area contributed by atoms with Crippen molar-refractivity contribution in [3.8, 4) is 0 Å². The maximum absolute atomic E-state index is 13.1. The largest absolute Gasteiger partial charge is 0.467 e. The van der Waals surface area contributed by atoms with E-state index in [2.05, 4.69) is 10.3 Å². The number of nitrogens with zero attached hydrogens (tertiary/aromatic N) is 2. The number of furan rings is 1. The Morgan fingerprint density at radius 1 is 1.45 bits per heavy atom. The Labute approximate surface area is 113 Å². The first-order chi connectivity index (χ1) is 9.43. The van der Waals surface area contributed by atoms with Crippen molar-refractivity contribution in [2.45, 2.75) is 30.6 Å². The number of halogens is 3. The molecule has 20 heavy (non-hydrogen) atoms. The van der Waals surface area contributed by atoms with Gasteiger partial charge >= 0.3 is 6.18 Å². The normalized spacial score (nSPS) is 19.0. The first-order valence-electron chi connectivity index (χ1n) is 6.28. The van der Waals surface area contributed by atoms with Crippen LogP contribution in [-0.4, -0.2) is 21.3 Å². The first kappa shape index (κ1) is 13.2. The van der Waals surface area contributed by atoms with E-state index in [0.717, 1.165) is 0 Å². The van der Waals surface area contributed by atoms with Gasteiger partial charge in [-0.3, -0.25) is 5.32 Å². The summed E-state index contributed by atoms with van der Waals surface area (Å²) in [4.78, 5) is 4.14. The minimum atomic E-state index is -4.27. The second-order valence-electron chi connectivity index (χ2n) is 5.07. The van der Waals surface area contributed by atoms with Crippen LogP contribution >= 0.6 is 0 Å². The first-order valence-corrected chi connectivity index (χ1v) is 6.28. The smallest absolute Gasteiger partial charge is 0.406 e. The minimum Gasteiger partial charge on any atom is -0.467 e. The number of rotatable bonds is 4. The Balaban J connectivity index is 1.94. The number of nitrogens with one attached hydrogen (secondary N) is 1. The monoisotopic (exact) mass is 285 g/mol. The fourth-order valence-electron chi connectivity index (χ4n) is 2.28. The molecule has 1 saturated carbocycles. The van der Waals surface area contributed by atoms with E-state index in [-0.39, 0.29) is 12.8 Å². The van der Waals surface area contributed by atoms with Crippen molar-refractivity contribution < 1.29 is 17.6 Å². The average molecular weight is 285 g/mol. The Kier molecular flexibility index (Phi) is 2.89. The molecule has 7 heteroatoms. The lowest BCUT2D eigenvalue weighted by molar-refractivity contribution is -0.167. The van der Waals surface area contributed by atoms with Crippen molar-refractivity contribution >= 4 is 0 Å². The molecule has 4 nitrogen and oxygen atoms in total. The quantitative estimate of drug-likeness (QED) is 0.939. The fraction of sp³-hybridized carbons (Fsp3) is 0.462.